The van der Waals surface area contributed by atoms with Crippen LogP contribution in [0.2, 0.25) is 0 Å². The molecule has 6 heteroatoms. The van der Waals surface area contributed by atoms with E-state index in [1.54, 1.807) is 29.7 Å². The molecule has 2 aromatic heterocycles. The SMILES string of the molecule is C=CSCc1cccc(-c2ccc3c4ccc(-c5cccc(CS/C=C\N)n5)cc4c4cc(-c5ccccc5)ccc4c3c2)n1.C=N. The lowest BCUT2D eigenvalue weighted by Gasteiger charge is -2.15. The summed E-state index contributed by atoms with van der Waals surface area (Å²) in [7, 11) is 0. The number of hydrogen-bond acceptors (Lipinski definition) is 6. The number of hydrogen-bond donors (Lipinski definition) is 2. The molecule has 0 aliphatic carbocycles. The lowest BCUT2D eigenvalue weighted by Crippen LogP contribution is -1.92. The van der Waals surface area contributed by atoms with Gasteiger partial charge >= 0.3 is 0 Å². The van der Waals surface area contributed by atoms with Crippen molar-refractivity contribution in [3.05, 3.63) is 156 Å². The third kappa shape index (κ3) is 6.85. The molecule has 0 aliphatic rings. The number of nitrogens with two attached hydrogens (primary N) is 1. The van der Waals surface area contributed by atoms with Crippen molar-refractivity contribution < 1.29 is 0 Å². The monoisotopic (exact) mass is 646 g/mol. The molecule has 2 heterocycles. The van der Waals surface area contributed by atoms with Crippen LogP contribution in [-0.2, 0) is 11.5 Å². The number of aromatic nitrogens is 2. The van der Waals surface area contributed by atoms with Crippen LogP contribution in [0.3, 0.4) is 0 Å². The summed E-state index contributed by atoms with van der Waals surface area (Å²) in [4.78, 5) is 9.96. The number of rotatable bonds is 9. The highest BCUT2D eigenvalue weighted by molar-refractivity contribution is 8.01. The summed E-state index contributed by atoms with van der Waals surface area (Å²) in [5, 5.41) is 16.6. The summed E-state index contributed by atoms with van der Waals surface area (Å²) in [5.41, 5.74) is 14.2. The summed E-state index contributed by atoms with van der Waals surface area (Å²) in [6.45, 7) is 6.33. The number of nitrogens with zero attached hydrogens (tertiary/aromatic N) is 2. The van der Waals surface area contributed by atoms with Crippen molar-refractivity contribution in [2.75, 3.05) is 0 Å². The minimum Gasteiger partial charge on any atom is -0.404 e. The van der Waals surface area contributed by atoms with E-state index in [1.807, 2.05) is 10.8 Å². The van der Waals surface area contributed by atoms with Gasteiger partial charge in [-0.3, -0.25) is 9.97 Å². The van der Waals surface area contributed by atoms with Gasteiger partial charge in [-0.15, -0.1) is 23.5 Å². The number of nitrogens with one attached hydrogen (secondary N) is 1. The van der Waals surface area contributed by atoms with Crippen LogP contribution in [0, 0.1) is 5.41 Å². The Kier molecular flexibility index (Phi) is 10.1. The average Bonchev–Trinajstić information content (AvgIpc) is 3.15. The van der Waals surface area contributed by atoms with E-state index in [2.05, 4.69) is 135 Å². The van der Waals surface area contributed by atoms with Crippen LogP contribution in [0.1, 0.15) is 11.4 Å². The predicted octanol–water partition coefficient (Wildman–Crippen LogP) is 11.2. The van der Waals surface area contributed by atoms with Crippen LogP contribution in [-0.4, -0.2) is 16.7 Å². The third-order valence-electron chi connectivity index (χ3n) is 8.00. The van der Waals surface area contributed by atoms with E-state index < -0.39 is 0 Å². The van der Waals surface area contributed by atoms with Crippen LogP contribution in [0.4, 0.5) is 0 Å². The van der Waals surface area contributed by atoms with Gasteiger partial charge in [0, 0.05) is 28.8 Å². The fourth-order valence-electron chi connectivity index (χ4n) is 5.91. The lowest BCUT2D eigenvalue weighted by atomic mass is 9.90. The molecule has 7 aromatic rings. The van der Waals surface area contributed by atoms with Gasteiger partial charge in [-0.05, 0) is 103 Å². The maximum Gasteiger partial charge on any atom is 0.0705 e. The number of thioether (sulfide) groups is 2. The van der Waals surface area contributed by atoms with Crippen LogP contribution >= 0.6 is 23.5 Å². The third-order valence-corrected chi connectivity index (χ3v) is 9.51. The van der Waals surface area contributed by atoms with Gasteiger partial charge in [-0.25, -0.2) is 0 Å². The second-order valence-electron chi connectivity index (χ2n) is 10.8. The van der Waals surface area contributed by atoms with E-state index in [9.17, 15) is 0 Å². The predicted molar refractivity (Wildman–Crippen MR) is 207 cm³/mol. The minimum absolute atomic E-state index is 0.774. The van der Waals surface area contributed by atoms with Crippen LogP contribution in [0.15, 0.2) is 145 Å². The van der Waals surface area contributed by atoms with Crippen molar-refractivity contribution in [2.45, 2.75) is 11.5 Å². The Bertz CT molecular complexity index is 2230. The molecule has 0 amide bonds. The van der Waals surface area contributed by atoms with Crippen molar-refractivity contribution in [1.29, 1.82) is 5.41 Å². The second kappa shape index (κ2) is 14.9. The van der Waals surface area contributed by atoms with E-state index in [4.69, 9.17) is 21.1 Å². The summed E-state index contributed by atoms with van der Waals surface area (Å²) in [6, 6.07) is 43.5. The molecule has 47 heavy (non-hydrogen) atoms. The Hall–Kier alpha value is -5.17. The molecule has 0 bridgehead atoms. The molecule has 0 unspecified atom stereocenters. The first-order valence-electron chi connectivity index (χ1n) is 15.2. The first kappa shape index (κ1) is 31.8. The molecule has 230 valence electrons. The van der Waals surface area contributed by atoms with Gasteiger partial charge in [0.15, 0.2) is 0 Å². The normalized spacial score (nSPS) is 11.1. The maximum absolute atomic E-state index is 5.53. The molecule has 0 saturated heterocycles. The quantitative estimate of drug-likeness (QED) is 0.121. The standard InChI is InChI=1S/C40H31N3S2.CH3N/c1-2-44-25-31-10-6-12-39(42-31)29-15-18-33-34-19-16-30(40-13-7-11-32(43-40)26-45-21-20-41)24-38(34)37-22-28(27-8-4-3-5-9-27)14-17-35(37)36(33)23-29;1-2/h2-24H,1,25-26,41H2;2H,1H2/b21-20-;. The van der Waals surface area contributed by atoms with Crippen molar-refractivity contribution in [1.82, 2.24) is 9.97 Å². The molecule has 0 radical (unpaired) electrons. The molecule has 7 rings (SSSR count). The highest BCUT2D eigenvalue weighted by atomic mass is 32.2. The van der Waals surface area contributed by atoms with E-state index in [0.717, 1.165) is 45.4 Å². The highest BCUT2D eigenvalue weighted by Gasteiger charge is 2.14. The summed E-state index contributed by atoms with van der Waals surface area (Å²) >= 11 is 3.31. The Labute approximate surface area is 284 Å². The highest BCUT2D eigenvalue weighted by Crippen LogP contribution is 2.40. The minimum atomic E-state index is 0.774. The molecule has 0 atom stereocenters. The van der Waals surface area contributed by atoms with E-state index in [1.165, 1.54) is 43.4 Å². The first-order chi connectivity index (χ1) is 23.2. The van der Waals surface area contributed by atoms with Crippen LogP contribution in [0.25, 0.3) is 66.0 Å². The number of pyridine rings is 2. The smallest absolute Gasteiger partial charge is 0.0705 e. The van der Waals surface area contributed by atoms with Crippen LogP contribution < -0.4 is 5.73 Å². The lowest BCUT2D eigenvalue weighted by molar-refractivity contribution is 1.18. The van der Waals surface area contributed by atoms with Gasteiger partial charge < -0.3 is 11.1 Å². The van der Waals surface area contributed by atoms with Gasteiger partial charge in [-0.2, -0.15) is 0 Å². The van der Waals surface area contributed by atoms with E-state index in [-0.39, 0.29) is 0 Å². The van der Waals surface area contributed by atoms with Gasteiger partial charge in [0.25, 0.3) is 0 Å². The van der Waals surface area contributed by atoms with Crippen LogP contribution in [0.5, 0.6) is 0 Å². The van der Waals surface area contributed by atoms with Crippen molar-refractivity contribution >= 4 is 62.6 Å². The summed E-state index contributed by atoms with van der Waals surface area (Å²) < 4.78 is 0. The summed E-state index contributed by atoms with van der Waals surface area (Å²) in [5.74, 6) is 1.58. The van der Waals surface area contributed by atoms with Gasteiger partial charge in [0.1, 0.15) is 0 Å². The van der Waals surface area contributed by atoms with Gasteiger partial charge in [-0.1, -0.05) is 85.4 Å². The first-order valence-corrected chi connectivity index (χ1v) is 17.3. The summed E-state index contributed by atoms with van der Waals surface area (Å²) in [6.07, 6.45) is 1.57. The van der Waals surface area contributed by atoms with Gasteiger partial charge in [0.2, 0.25) is 0 Å². The Morgan fingerprint density at radius 3 is 1.57 bits per heavy atom. The number of benzene rings is 5. The molecule has 3 N–H and O–H groups in total. The molecule has 0 spiro atoms. The fraction of sp³-hybridized carbons (Fsp3) is 0.0488. The molecule has 4 nitrogen and oxygen atoms in total. The van der Waals surface area contributed by atoms with Crippen molar-refractivity contribution in [3.63, 3.8) is 0 Å². The second-order valence-corrected chi connectivity index (χ2v) is 12.6. The number of fused-ring (bicyclic) bond motifs is 6. The van der Waals surface area contributed by atoms with Crippen molar-refractivity contribution in [2.24, 2.45) is 5.73 Å². The molecule has 0 saturated carbocycles. The van der Waals surface area contributed by atoms with E-state index >= 15 is 0 Å². The largest absolute Gasteiger partial charge is 0.404 e. The Morgan fingerprint density at radius 2 is 1.02 bits per heavy atom. The topological polar surface area (TPSA) is 75.7 Å². The molecule has 0 fully saturated rings. The zero-order chi connectivity index (χ0) is 32.6. The zero-order valence-corrected chi connectivity index (χ0v) is 27.5. The molecule has 5 aromatic carbocycles. The van der Waals surface area contributed by atoms with Gasteiger partial charge in [0.05, 0.1) is 22.8 Å². The Morgan fingerprint density at radius 1 is 0.532 bits per heavy atom. The van der Waals surface area contributed by atoms with E-state index in [0.29, 0.717) is 0 Å². The molecular weight excluding hydrogens is 613 g/mol. The molecule has 0 aliphatic heterocycles. The Balaban J connectivity index is 0.00000190. The fourth-order valence-corrected chi connectivity index (χ4v) is 6.90. The van der Waals surface area contributed by atoms with Crippen molar-refractivity contribution in [3.8, 4) is 33.6 Å². The maximum atomic E-state index is 5.53. The zero-order valence-electron chi connectivity index (χ0n) is 25.9. The average molecular weight is 647 g/mol. The molecular formula is C41H34N4S2.